The maximum Gasteiger partial charge on any atom is 0.179 e. The molecule has 0 amide bonds. The molecule has 0 bridgehead atoms. The Labute approximate surface area is 98.3 Å². The molecule has 0 saturated heterocycles. The quantitative estimate of drug-likeness (QED) is 0.406. The Hall–Kier alpha value is 3.18. The van der Waals surface area contributed by atoms with Crippen LogP contribution in [0.15, 0.2) is 0 Å². The summed E-state index contributed by atoms with van der Waals surface area (Å²) in [6.45, 7) is 0. The van der Waals surface area contributed by atoms with E-state index in [0.717, 1.165) is 0 Å². The van der Waals surface area contributed by atoms with Crippen LogP contribution in [0.3, 0.4) is 0 Å². The third kappa shape index (κ3) is 115. The zero-order chi connectivity index (χ0) is 9.02. The predicted molar refractivity (Wildman–Crippen MR) is 60.7 cm³/mol. The van der Waals surface area contributed by atoms with E-state index in [2.05, 4.69) is 0 Å². The summed E-state index contributed by atoms with van der Waals surface area (Å²) in [4.78, 5) is 0. The smallest absolute Gasteiger partial charge is 0.0596 e. The van der Waals surface area contributed by atoms with Crippen LogP contribution in [-0.2, 0) is 0 Å². The van der Waals surface area contributed by atoms with Crippen molar-refractivity contribution in [1.82, 2.24) is 0 Å². The molecule has 10 heteroatoms. The zero-order valence-electron chi connectivity index (χ0n) is 3.92. The largest absolute Gasteiger partial charge is 0.179 e. The minimum Gasteiger partial charge on any atom is -0.0596 e. The van der Waals surface area contributed by atoms with Crippen LogP contribution in [0.4, 0.5) is 0 Å². The van der Waals surface area contributed by atoms with Crippen molar-refractivity contribution in [2.45, 2.75) is 0 Å². The average Bonchev–Trinajstić information content (AvgIpc) is 1.14. The van der Waals surface area contributed by atoms with E-state index in [9.17, 15) is 0 Å². The topological polar surface area (TPSA) is 0 Å². The second-order valence-corrected chi connectivity index (χ2v) is 22.4. The Balaban J connectivity index is 0. The molecule has 0 heterocycles. The summed E-state index contributed by atoms with van der Waals surface area (Å²) in [5.74, 6) is -1.20. The van der Waals surface area contributed by atoms with Gasteiger partial charge >= 0.3 is 59.6 Å². The van der Waals surface area contributed by atoms with Crippen LogP contribution in [0.25, 0.3) is 0 Å². The van der Waals surface area contributed by atoms with Gasteiger partial charge in [0.05, 0.1) is 0 Å². The van der Waals surface area contributed by atoms with Crippen LogP contribution in [0.2, 0.25) is 0 Å². The van der Waals surface area contributed by atoms with Crippen LogP contribution in [0.1, 0.15) is 0 Å². The molecule has 0 aromatic rings. The summed E-state index contributed by atoms with van der Waals surface area (Å²) in [7, 11) is 0. The first-order valence-electron chi connectivity index (χ1n) is 1.35. The van der Waals surface area contributed by atoms with Gasteiger partial charge in [-0.1, -0.05) is 33.7 Å². The van der Waals surface area contributed by atoms with Crippen LogP contribution in [0.5, 0.6) is 0 Å². The van der Waals surface area contributed by atoms with Crippen LogP contribution in [-0.4, -0.2) is 0 Å². The number of halogens is 8. The first-order valence-corrected chi connectivity index (χ1v) is 12.2. The van der Waals surface area contributed by atoms with Crippen molar-refractivity contribution in [3.8, 4) is 0 Å². The molecule has 0 nitrogen and oxygen atoms in total. The first-order chi connectivity index (χ1) is 3.97. The van der Waals surface area contributed by atoms with Crippen LogP contribution < -0.4 is 0 Å². The Morgan fingerprint density at radius 2 is 0.700 bits per heavy atom. The molecule has 0 aliphatic carbocycles. The third-order valence-corrected chi connectivity index (χ3v) is 0. The van der Waals surface area contributed by atoms with Gasteiger partial charge in [0.2, 0.25) is 0 Å². The van der Waals surface area contributed by atoms with Gasteiger partial charge in [-0.2, -0.15) is 0 Å². The SMILES string of the molecule is ClP(Cl)(Cl)(Cl)Cl.ClP(Cl)Cl. The van der Waals surface area contributed by atoms with Crippen molar-refractivity contribution >= 4 is 99.3 Å². The molecule has 0 saturated carbocycles. The zero-order valence-corrected chi connectivity index (χ0v) is 11.8. The van der Waals surface area contributed by atoms with E-state index >= 15 is 0 Å². The molecule has 0 aliphatic rings. The summed E-state index contributed by atoms with van der Waals surface area (Å²) < 4.78 is -3.69. The van der Waals surface area contributed by atoms with Gasteiger partial charge in [-0.05, 0) is 0 Å². The van der Waals surface area contributed by atoms with E-state index in [-0.39, 0.29) is 0 Å². The molecule has 0 aromatic heterocycles. The Morgan fingerprint density at radius 3 is 0.700 bits per heavy atom. The Kier molecular flexibility index (Phi) is 9.10. The van der Waals surface area contributed by atoms with Gasteiger partial charge in [-0.3, -0.25) is 0 Å². The fourth-order valence-corrected chi connectivity index (χ4v) is 0. The maximum absolute atomic E-state index is 4.98. The van der Waals surface area contributed by atoms with E-state index in [4.69, 9.17) is 89.9 Å². The number of hydrogen-bond donors (Lipinski definition) is 0. The Morgan fingerprint density at radius 1 is 0.700 bits per heavy atom. The molecule has 66 valence electrons. The van der Waals surface area contributed by atoms with Crippen molar-refractivity contribution in [2.75, 3.05) is 0 Å². The molecule has 0 fully saturated rings. The van der Waals surface area contributed by atoms with Crippen molar-refractivity contribution in [1.29, 1.82) is 0 Å². The molecule has 0 radical (unpaired) electrons. The molecule has 0 N–H and O–H groups in total. The maximum atomic E-state index is 4.98. The minimum atomic E-state index is -3.69. The van der Waals surface area contributed by atoms with E-state index < -0.39 is 9.35 Å². The summed E-state index contributed by atoms with van der Waals surface area (Å²) in [6, 6.07) is 0. The van der Waals surface area contributed by atoms with Gasteiger partial charge in [0.1, 0.15) is 0 Å². The molecule has 0 spiro atoms. The molecule has 0 unspecified atom stereocenters. The molecular formula is Cl8P2. The molecule has 0 aromatic carbocycles. The molecule has 10 heavy (non-hydrogen) atoms. The summed E-state index contributed by atoms with van der Waals surface area (Å²) >= 11 is 39.5. The summed E-state index contributed by atoms with van der Waals surface area (Å²) in [5, 5.41) is 0. The second kappa shape index (κ2) is 5.82. The minimum absolute atomic E-state index is 1.20. The standard InChI is InChI=1S/Cl5P.Cl3P/c1-6(2,3,4)5;1-4(2)3. The van der Waals surface area contributed by atoms with E-state index in [1.54, 1.807) is 0 Å². The van der Waals surface area contributed by atoms with Crippen LogP contribution >= 0.6 is 99.3 Å². The molecule has 0 atom stereocenters. The van der Waals surface area contributed by atoms with E-state index in [0.29, 0.717) is 0 Å². The van der Waals surface area contributed by atoms with Gasteiger partial charge in [0.15, 0.2) is 5.98 Å². The van der Waals surface area contributed by atoms with Crippen molar-refractivity contribution in [2.24, 2.45) is 0 Å². The Bertz CT molecular complexity index is 65.5. The normalized spacial score (nSPS) is 15.1. The van der Waals surface area contributed by atoms with Crippen molar-refractivity contribution < 1.29 is 0 Å². The van der Waals surface area contributed by atoms with Crippen LogP contribution in [0, 0.1) is 0 Å². The molecule has 0 rings (SSSR count). The van der Waals surface area contributed by atoms with Crippen molar-refractivity contribution in [3.05, 3.63) is 0 Å². The third-order valence-electron chi connectivity index (χ3n) is 0. The van der Waals surface area contributed by atoms with E-state index in [1.807, 2.05) is 0 Å². The summed E-state index contributed by atoms with van der Waals surface area (Å²) in [5.41, 5.74) is 0. The predicted octanol–water partition coefficient (Wildman–Crippen LogP) is 7.24. The second-order valence-electron chi connectivity index (χ2n) is 0.831. The monoisotopic (exact) mass is 342 g/mol. The average molecular weight is 346 g/mol. The van der Waals surface area contributed by atoms with Gasteiger partial charge in [0, 0.05) is 0 Å². The number of hydrogen-bond acceptors (Lipinski definition) is 0. The fourth-order valence-electron chi connectivity index (χ4n) is 0. The van der Waals surface area contributed by atoms with Gasteiger partial charge in [-0.15, -0.1) is 0 Å². The van der Waals surface area contributed by atoms with Gasteiger partial charge < -0.3 is 0 Å². The molecule has 0 aliphatic heterocycles. The molecular weight excluding hydrogens is 346 g/mol. The number of rotatable bonds is 0. The van der Waals surface area contributed by atoms with Gasteiger partial charge in [0.25, 0.3) is 0 Å². The fraction of sp³-hybridized carbons (Fsp3) is 0. The van der Waals surface area contributed by atoms with Crippen molar-refractivity contribution in [3.63, 3.8) is 0 Å². The van der Waals surface area contributed by atoms with E-state index in [1.165, 1.54) is 0 Å². The first kappa shape index (κ1) is 15.6. The van der Waals surface area contributed by atoms with Gasteiger partial charge in [-0.25, -0.2) is 0 Å². The summed E-state index contributed by atoms with van der Waals surface area (Å²) in [6.07, 6.45) is 0.